The maximum atomic E-state index is 5.50. The highest BCUT2D eigenvalue weighted by molar-refractivity contribution is 9.10. The molecule has 0 amide bonds. The van der Waals surface area contributed by atoms with Crippen LogP contribution in [-0.4, -0.2) is 12.8 Å². The third-order valence-electron chi connectivity index (χ3n) is 1.82. The molecule has 0 aromatic heterocycles. The molecule has 0 spiro atoms. The van der Waals surface area contributed by atoms with E-state index in [1.54, 1.807) is 0 Å². The largest absolute Gasteiger partial charge is 0.451 e. The lowest BCUT2D eigenvalue weighted by atomic mass is 10.3. The van der Waals surface area contributed by atoms with Gasteiger partial charge in [0.25, 0.3) is 0 Å². The molecule has 70 valence electrons. The Kier molecular flexibility index (Phi) is 2.42. The molecule has 0 aliphatic carbocycles. The van der Waals surface area contributed by atoms with Gasteiger partial charge >= 0.3 is 0 Å². The molecule has 4 heteroatoms. The zero-order valence-corrected chi connectivity index (χ0v) is 8.58. The minimum Gasteiger partial charge on any atom is -0.451 e. The van der Waals surface area contributed by atoms with E-state index in [4.69, 9.17) is 15.2 Å². The topological polar surface area (TPSA) is 44.5 Å². The molecule has 0 fully saturated rings. The summed E-state index contributed by atoms with van der Waals surface area (Å²) in [6.07, 6.45) is 0.501. The summed E-state index contributed by atoms with van der Waals surface area (Å²) in [6.45, 7) is 0.569. The Morgan fingerprint density at radius 2 is 2.08 bits per heavy atom. The Balaban J connectivity index is 2.16. The van der Waals surface area contributed by atoms with Gasteiger partial charge in [-0.1, -0.05) is 15.9 Å². The predicted molar refractivity (Wildman–Crippen MR) is 52.9 cm³/mol. The molecule has 1 aromatic carbocycles. The first kappa shape index (κ1) is 8.84. The molecule has 2 rings (SSSR count). The van der Waals surface area contributed by atoms with Crippen LogP contribution in [0.5, 0.6) is 11.5 Å². The van der Waals surface area contributed by atoms with Crippen LogP contribution in [0.3, 0.4) is 0 Å². The summed E-state index contributed by atoms with van der Waals surface area (Å²) in [5, 5.41) is 0. The quantitative estimate of drug-likeness (QED) is 0.863. The van der Waals surface area contributed by atoms with E-state index < -0.39 is 0 Å². The van der Waals surface area contributed by atoms with Crippen LogP contribution in [-0.2, 0) is 0 Å². The van der Waals surface area contributed by atoms with Gasteiger partial charge in [0, 0.05) is 10.9 Å². The van der Waals surface area contributed by atoms with Crippen molar-refractivity contribution in [2.24, 2.45) is 5.73 Å². The smallest absolute Gasteiger partial charge is 0.242 e. The molecule has 1 aromatic rings. The van der Waals surface area contributed by atoms with Gasteiger partial charge in [-0.25, -0.2) is 0 Å². The molecule has 0 radical (unpaired) electrons. The lowest BCUT2D eigenvalue weighted by molar-refractivity contribution is 0.0442. The standard InChI is InChI=1S/C9H10BrNO2/c10-6-1-2-7-8(5-6)13-9(12-7)3-4-11/h1-2,5,9H,3-4,11H2. The maximum absolute atomic E-state index is 5.50. The van der Waals surface area contributed by atoms with E-state index in [2.05, 4.69) is 15.9 Å². The second kappa shape index (κ2) is 3.55. The SMILES string of the molecule is NCCC1Oc2ccc(Br)cc2O1. The molecule has 0 saturated heterocycles. The third-order valence-corrected chi connectivity index (χ3v) is 2.32. The average Bonchev–Trinajstić information content (AvgIpc) is 2.46. The second-order valence-electron chi connectivity index (χ2n) is 2.83. The monoisotopic (exact) mass is 243 g/mol. The molecule has 1 heterocycles. The highest BCUT2D eigenvalue weighted by atomic mass is 79.9. The van der Waals surface area contributed by atoms with Gasteiger partial charge in [-0.05, 0) is 24.7 Å². The van der Waals surface area contributed by atoms with Crippen LogP contribution in [0.1, 0.15) is 6.42 Å². The van der Waals surface area contributed by atoms with Crippen molar-refractivity contribution in [1.29, 1.82) is 0 Å². The molecule has 1 unspecified atom stereocenters. The van der Waals surface area contributed by atoms with E-state index in [0.717, 1.165) is 16.0 Å². The van der Waals surface area contributed by atoms with Crippen molar-refractivity contribution >= 4 is 15.9 Å². The minimum atomic E-state index is -0.214. The molecular weight excluding hydrogens is 234 g/mol. The van der Waals surface area contributed by atoms with Gasteiger partial charge in [-0.2, -0.15) is 0 Å². The van der Waals surface area contributed by atoms with Gasteiger partial charge in [0.05, 0.1) is 0 Å². The van der Waals surface area contributed by atoms with Gasteiger partial charge < -0.3 is 15.2 Å². The van der Waals surface area contributed by atoms with Gasteiger partial charge in [0.1, 0.15) is 0 Å². The average molecular weight is 244 g/mol. The Morgan fingerprint density at radius 1 is 1.31 bits per heavy atom. The number of benzene rings is 1. The lowest BCUT2D eigenvalue weighted by Gasteiger charge is -2.07. The fraction of sp³-hybridized carbons (Fsp3) is 0.333. The van der Waals surface area contributed by atoms with Crippen LogP contribution in [0, 0.1) is 0 Å². The van der Waals surface area contributed by atoms with Crippen molar-refractivity contribution in [2.45, 2.75) is 12.7 Å². The van der Waals surface area contributed by atoms with Gasteiger partial charge in [-0.3, -0.25) is 0 Å². The van der Waals surface area contributed by atoms with E-state index in [1.165, 1.54) is 0 Å². The normalized spacial score (nSPS) is 19.1. The maximum Gasteiger partial charge on any atom is 0.242 e. The Labute approximate surface area is 85.0 Å². The lowest BCUT2D eigenvalue weighted by Crippen LogP contribution is -2.21. The van der Waals surface area contributed by atoms with Crippen LogP contribution >= 0.6 is 15.9 Å². The molecule has 2 N–H and O–H groups in total. The van der Waals surface area contributed by atoms with Crippen molar-refractivity contribution in [1.82, 2.24) is 0 Å². The number of halogens is 1. The third kappa shape index (κ3) is 1.78. The summed E-state index contributed by atoms with van der Waals surface area (Å²) >= 11 is 3.36. The highest BCUT2D eigenvalue weighted by Crippen LogP contribution is 2.37. The zero-order chi connectivity index (χ0) is 9.26. The van der Waals surface area contributed by atoms with E-state index in [-0.39, 0.29) is 6.29 Å². The van der Waals surface area contributed by atoms with Crippen LogP contribution in [0.25, 0.3) is 0 Å². The Morgan fingerprint density at radius 3 is 2.85 bits per heavy atom. The minimum absolute atomic E-state index is 0.214. The Bertz CT molecular complexity index is 316. The number of ether oxygens (including phenoxy) is 2. The van der Waals surface area contributed by atoms with Crippen molar-refractivity contribution in [3.05, 3.63) is 22.7 Å². The first-order chi connectivity index (χ1) is 6.29. The second-order valence-corrected chi connectivity index (χ2v) is 3.75. The molecule has 0 saturated carbocycles. The van der Waals surface area contributed by atoms with Crippen molar-refractivity contribution < 1.29 is 9.47 Å². The number of hydrogen-bond acceptors (Lipinski definition) is 3. The van der Waals surface area contributed by atoms with Gasteiger partial charge in [-0.15, -0.1) is 0 Å². The summed E-state index contributed by atoms with van der Waals surface area (Å²) in [5.74, 6) is 1.58. The number of nitrogens with two attached hydrogens (primary N) is 1. The van der Waals surface area contributed by atoms with Crippen LogP contribution in [0.15, 0.2) is 22.7 Å². The van der Waals surface area contributed by atoms with Gasteiger partial charge in [0.2, 0.25) is 6.29 Å². The van der Waals surface area contributed by atoms with Crippen LogP contribution in [0.2, 0.25) is 0 Å². The van der Waals surface area contributed by atoms with E-state index in [9.17, 15) is 0 Å². The molecule has 13 heavy (non-hydrogen) atoms. The van der Waals surface area contributed by atoms with E-state index in [0.29, 0.717) is 13.0 Å². The van der Waals surface area contributed by atoms with E-state index >= 15 is 0 Å². The summed E-state index contributed by atoms with van der Waals surface area (Å²) < 4.78 is 12.0. The molecule has 1 aliphatic heterocycles. The number of fused-ring (bicyclic) bond motifs is 1. The van der Waals surface area contributed by atoms with Crippen LogP contribution < -0.4 is 15.2 Å². The Hall–Kier alpha value is -0.740. The number of rotatable bonds is 2. The summed E-state index contributed by atoms with van der Waals surface area (Å²) in [5.41, 5.74) is 5.40. The summed E-state index contributed by atoms with van der Waals surface area (Å²) in [4.78, 5) is 0. The molecule has 1 aliphatic rings. The fourth-order valence-corrected chi connectivity index (χ4v) is 1.57. The first-order valence-corrected chi connectivity index (χ1v) is 4.92. The predicted octanol–water partition coefficient (Wildman–Crippen LogP) is 1.90. The highest BCUT2D eigenvalue weighted by Gasteiger charge is 2.22. The number of hydrogen-bond donors (Lipinski definition) is 1. The van der Waals surface area contributed by atoms with Gasteiger partial charge in [0.15, 0.2) is 11.5 Å². The van der Waals surface area contributed by atoms with E-state index in [1.807, 2.05) is 18.2 Å². The molecule has 3 nitrogen and oxygen atoms in total. The van der Waals surface area contributed by atoms with Crippen molar-refractivity contribution in [2.75, 3.05) is 6.54 Å². The first-order valence-electron chi connectivity index (χ1n) is 4.12. The van der Waals surface area contributed by atoms with Crippen molar-refractivity contribution in [3.63, 3.8) is 0 Å². The molecular formula is C9H10BrNO2. The fourth-order valence-electron chi connectivity index (χ4n) is 1.23. The van der Waals surface area contributed by atoms with Crippen molar-refractivity contribution in [3.8, 4) is 11.5 Å². The summed E-state index contributed by atoms with van der Waals surface area (Å²) in [6, 6.07) is 5.70. The molecule has 1 atom stereocenters. The molecule has 0 bridgehead atoms. The zero-order valence-electron chi connectivity index (χ0n) is 7.00. The van der Waals surface area contributed by atoms with Crippen LogP contribution in [0.4, 0.5) is 0 Å². The summed E-state index contributed by atoms with van der Waals surface area (Å²) in [7, 11) is 0.